The van der Waals surface area contributed by atoms with Gasteiger partial charge in [0, 0.05) is 11.8 Å². The second kappa shape index (κ2) is 9.40. The lowest BCUT2D eigenvalue weighted by Crippen LogP contribution is -2.38. The number of nitro groups is 1. The van der Waals surface area contributed by atoms with Gasteiger partial charge in [-0.2, -0.15) is 0 Å². The van der Waals surface area contributed by atoms with Crippen LogP contribution in [-0.2, 0) is 21.2 Å². The van der Waals surface area contributed by atoms with Gasteiger partial charge >= 0.3 is 0 Å². The Labute approximate surface area is 180 Å². The van der Waals surface area contributed by atoms with Gasteiger partial charge < -0.3 is 5.32 Å². The van der Waals surface area contributed by atoms with Crippen LogP contribution in [0.1, 0.15) is 12.5 Å². The molecule has 3 rings (SSSR count). The molecule has 160 valence electrons. The number of anilines is 2. The summed E-state index contributed by atoms with van der Waals surface area (Å²) in [5.41, 5.74) is 1.16. The Morgan fingerprint density at radius 3 is 2.26 bits per heavy atom. The molecule has 0 saturated carbocycles. The Balaban J connectivity index is 2.00. The Bertz CT molecular complexity index is 1200. The van der Waals surface area contributed by atoms with Crippen LogP contribution >= 0.6 is 0 Å². The molecular weight excluding hydrogens is 418 g/mol. The molecule has 0 bridgehead atoms. The summed E-state index contributed by atoms with van der Waals surface area (Å²) in [6.45, 7) is 1.40. The first-order chi connectivity index (χ1) is 14.8. The van der Waals surface area contributed by atoms with Crippen molar-refractivity contribution < 1.29 is 18.1 Å². The summed E-state index contributed by atoms with van der Waals surface area (Å²) < 4.78 is 27.7. The topological polar surface area (TPSA) is 110 Å². The van der Waals surface area contributed by atoms with Gasteiger partial charge in [-0.05, 0) is 36.2 Å². The number of amides is 1. The van der Waals surface area contributed by atoms with Crippen LogP contribution in [0.2, 0.25) is 0 Å². The van der Waals surface area contributed by atoms with E-state index in [9.17, 15) is 23.3 Å². The van der Waals surface area contributed by atoms with Gasteiger partial charge in [0.05, 0.1) is 10.6 Å². The maximum absolute atomic E-state index is 13.4. The average molecular weight is 439 g/mol. The van der Waals surface area contributed by atoms with Gasteiger partial charge in [0.2, 0.25) is 5.91 Å². The molecule has 8 nitrogen and oxygen atoms in total. The number of hydrogen-bond donors (Lipinski definition) is 1. The number of sulfonamides is 1. The molecule has 31 heavy (non-hydrogen) atoms. The number of nitro benzene ring substituents is 1. The van der Waals surface area contributed by atoms with Crippen molar-refractivity contribution in [3.8, 4) is 0 Å². The summed E-state index contributed by atoms with van der Waals surface area (Å²) >= 11 is 0. The van der Waals surface area contributed by atoms with E-state index < -0.39 is 38.0 Å². The minimum Gasteiger partial charge on any atom is -0.324 e. The van der Waals surface area contributed by atoms with E-state index in [0.29, 0.717) is 12.1 Å². The molecule has 0 aromatic heterocycles. The highest BCUT2D eigenvalue weighted by Crippen LogP contribution is 2.29. The van der Waals surface area contributed by atoms with E-state index in [1.165, 1.54) is 24.3 Å². The van der Waals surface area contributed by atoms with E-state index in [2.05, 4.69) is 5.32 Å². The fourth-order valence-corrected chi connectivity index (χ4v) is 4.71. The molecule has 0 saturated heterocycles. The molecule has 9 heteroatoms. The van der Waals surface area contributed by atoms with Crippen molar-refractivity contribution in [3.05, 3.63) is 94.5 Å². The smallest absolute Gasteiger partial charge is 0.289 e. The van der Waals surface area contributed by atoms with Gasteiger partial charge in [-0.3, -0.25) is 19.2 Å². The molecule has 1 N–H and O–H groups in total. The molecule has 0 atom stereocenters. The zero-order valence-electron chi connectivity index (χ0n) is 16.8. The fraction of sp³-hybridized carbons (Fsp3) is 0.136. The maximum atomic E-state index is 13.4. The molecule has 0 aliphatic heterocycles. The highest BCUT2D eigenvalue weighted by Gasteiger charge is 2.33. The van der Waals surface area contributed by atoms with Gasteiger partial charge in [-0.25, -0.2) is 8.42 Å². The highest BCUT2D eigenvalue weighted by atomic mass is 32.2. The van der Waals surface area contributed by atoms with Gasteiger partial charge in [0.25, 0.3) is 15.7 Å². The molecular formula is C22H21N3O5S. The Hall–Kier alpha value is -3.72. The molecule has 0 radical (unpaired) electrons. The lowest BCUT2D eigenvalue weighted by atomic mass is 10.1. The predicted octanol–water partition coefficient (Wildman–Crippen LogP) is 3.99. The standard InChI is InChI=1S/C22H21N3O5S/c1-2-17-10-6-7-13-19(17)23-22(26)16-24(18-11-4-3-5-12-18)31(29,30)21-15-9-8-14-20(21)25(27)28/h3-15H,2,16H2,1H3,(H,23,26). The van der Waals surface area contributed by atoms with E-state index >= 15 is 0 Å². The number of nitrogens with zero attached hydrogens (tertiary/aromatic N) is 2. The quantitative estimate of drug-likeness (QED) is 0.422. The SMILES string of the molecule is CCc1ccccc1NC(=O)CN(c1ccccc1)S(=O)(=O)c1ccccc1[N+](=O)[O-]. The van der Waals surface area contributed by atoms with Gasteiger partial charge in [-0.15, -0.1) is 0 Å². The second-order valence-corrected chi connectivity index (χ2v) is 8.46. The van der Waals surface area contributed by atoms with Crippen LogP contribution in [0.25, 0.3) is 0 Å². The highest BCUT2D eigenvalue weighted by molar-refractivity contribution is 7.93. The Kier molecular flexibility index (Phi) is 6.66. The monoisotopic (exact) mass is 439 g/mol. The van der Waals surface area contributed by atoms with Crippen molar-refractivity contribution in [2.24, 2.45) is 0 Å². The number of benzene rings is 3. The van der Waals surface area contributed by atoms with Crippen LogP contribution in [0.3, 0.4) is 0 Å². The minimum atomic E-state index is -4.40. The molecule has 0 aliphatic rings. The summed E-state index contributed by atoms with van der Waals surface area (Å²) in [6.07, 6.45) is 0.688. The van der Waals surface area contributed by atoms with Crippen molar-refractivity contribution in [1.82, 2.24) is 0 Å². The van der Waals surface area contributed by atoms with Crippen LogP contribution < -0.4 is 9.62 Å². The molecule has 0 spiro atoms. The number of carbonyl (C=O) groups excluding carboxylic acids is 1. The van der Waals surface area contributed by atoms with E-state index in [4.69, 9.17) is 0 Å². The van der Waals surface area contributed by atoms with E-state index in [-0.39, 0.29) is 5.69 Å². The number of hydrogen-bond acceptors (Lipinski definition) is 5. The minimum absolute atomic E-state index is 0.222. The molecule has 0 aliphatic carbocycles. The summed E-state index contributed by atoms with van der Waals surface area (Å²) in [5.74, 6) is -0.563. The van der Waals surface area contributed by atoms with E-state index in [0.717, 1.165) is 22.0 Å². The zero-order chi connectivity index (χ0) is 22.4. The van der Waals surface area contributed by atoms with Crippen molar-refractivity contribution in [2.45, 2.75) is 18.2 Å². The Morgan fingerprint density at radius 2 is 1.58 bits per heavy atom. The van der Waals surface area contributed by atoms with Crippen molar-refractivity contribution in [3.63, 3.8) is 0 Å². The van der Waals surface area contributed by atoms with E-state index in [1.807, 2.05) is 19.1 Å². The number of aryl methyl sites for hydroxylation is 1. The number of para-hydroxylation sites is 3. The molecule has 3 aromatic rings. The van der Waals surface area contributed by atoms with Crippen molar-refractivity contribution in [2.75, 3.05) is 16.2 Å². The maximum Gasteiger partial charge on any atom is 0.289 e. The number of rotatable bonds is 8. The Morgan fingerprint density at radius 1 is 0.968 bits per heavy atom. The van der Waals surface area contributed by atoms with Gasteiger partial charge in [0.1, 0.15) is 6.54 Å². The van der Waals surface area contributed by atoms with Crippen molar-refractivity contribution >= 4 is 33.0 Å². The largest absolute Gasteiger partial charge is 0.324 e. The summed E-state index contributed by atoms with van der Waals surface area (Å²) in [6, 6.07) is 20.3. The summed E-state index contributed by atoms with van der Waals surface area (Å²) in [7, 11) is -4.40. The molecule has 0 fully saturated rings. The molecule has 3 aromatic carbocycles. The van der Waals surface area contributed by atoms with Crippen LogP contribution in [-0.4, -0.2) is 25.8 Å². The van der Waals surface area contributed by atoms with Crippen LogP contribution in [0.4, 0.5) is 17.1 Å². The second-order valence-electron chi connectivity index (χ2n) is 6.63. The van der Waals surface area contributed by atoms with Gasteiger partial charge in [-0.1, -0.05) is 55.5 Å². The molecule has 1 amide bonds. The van der Waals surface area contributed by atoms with Crippen molar-refractivity contribution in [1.29, 1.82) is 0 Å². The number of carbonyl (C=O) groups is 1. The third kappa shape index (κ3) is 4.89. The van der Waals surface area contributed by atoms with Crippen LogP contribution in [0.5, 0.6) is 0 Å². The first-order valence-electron chi connectivity index (χ1n) is 9.53. The summed E-state index contributed by atoms with van der Waals surface area (Å²) in [4.78, 5) is 23.0. The van der Waals surface area contributed by atoms with E-state index in [1.54, 1.807) is 30.3 Å². The number of nitrogens with one attached hydrogen (secondary N) is 1. The summed E-state index contributed by atoms with van der Waals surface area (Å²) in [5, 5.41) is 14.1. The predicted molar refractivity (Wildman–Crippen MR) is 119 cm³/mol. The first-order valence-corrected chi connectivity index (χ1v) is 11.0. The molecule has 0 unspecified atom stereocenters. The lowest BCUT2D eigenvalue weighted by molar-refractivity contribution is -0.387. The first kappa shape index (κ1) is 22.0. The van der Waals surface area contributed by atoms with Crippen LogP contribution in [0.15, 0.2) is 83.8 Å². The zero-order valence-corrected chi connectivity index (χ0v) is 17.6. The fourth-order valence-electron chi connectivity index (χ4n) is 3.12. The third-order valence-electron chi connectivity index (χ3n) is 4.63. The lowest BCUT2D eigenvalue weighted by Gasteiger charge is -2.24. The third-order valence-corrected chi connectivity index (χ3v) is 6.45. The van der Waals surface area contributed by atoms with Gasteiger partial charge in [0.15, 0.2) is 4.90 Å². The average Bonchev–Trinajstić information content (AvgIpc) is 2.78. The van der Waals surface area contributed by atoms with Crippen LogP contribution in [0, 0.1) is 10.1 Å². The molecule has 0 heterocycles. The normalized spacial score (nSPS) is 11.0.